The highest BCUT2D eigenvalue weighted by Gasteiger charge is 2.27. The van der Waals surface area contributed by atoms with Crippen LogP contribution in [0.3, 0.4) is 0 Å². The molecule has 0 aliphatic carbocycles. The lowest BCUT2D eigenvalue weighted by Gasteiger charge is -2.22. The molecule has 0 aliphatic heterocycles. The molecule has 0 N–H and O–H groups in total. The van der Waals surface area contributed by atoms with Gasteiger partial charge in [-0.25, -0.2) is 0 Å². The molecule has 0 saturated heterocycles. The van der Waals surface area contributed by atoms with Gasteiger partial charge in [-0.15, -0.1) is 0 Å². The molecule has 36 heavy (non-hydrogen) atoms. The predicted molar refractivity (Wildman–Crippen MR) is 166 cm³/mol. The molecule has 0 atom stereocenters. The van der Waals surface area contributed by atoms with Gasteiger partial charge in [-0.1, -0.05) is 74.3 Å². The van der Waals surface area contributed by atoms with Gasteiger partial charge in [0, 0.05) is 82.5 Å². The number of hydrogen-bond acceptors (Lipinski definition) is 2. The molecule has 0 bridgehead atoms. The van der Waals surface area contributed by atoms with Crippen LogP contribution < -0.4 is 10.9 Å². The summed E-state index contributed by atoms with van der Waals surface area (Å²) in [5.41, 5.74) is 0.0178. The second-order valence-corrected chi connectivity index (χ2v) is 12.5. The minimum atomic E-state index is 0.00721. The molecule has 0 fully saturated rings. The molecular formula is C30H10Br4O2. The Morgan fingerprint density at radius 1 is 0.389 bits per heavy atom. The van der Waals surface area contributed by atoms with Gasteiger partial charge in [0.2, 0.25) is 0 Å². The first kappa shape index (κ1) is 21.7. The number of fused-ring (bicyclic) bond motifs is 4. The molecule has 8 rings (SSSR count). The summed E-state index contributed by atoms with van der Waals surface area (Å²) in [5, 5.41) is 12.4. The Kier molecular flexibility index (Phi) is 4.30. The van der Waals surface area contributed by atoms with E-state index in [4.69, 9.17) is 0 Å². The van der Waals surface area contributed by atoms with Crippen molar-refractivity contribution >= 4 is 139 Å². The first-order valence-electron chi connectivity index (χ1n) is 11.2. The SMILES string of the molecule is O=c1c2cccc(Br)c2c2c(Br)c3c(Br)cc4c(=O)c5ccccc5c5c(Br)c6ccc1c2c6c3c45. The first-order valence-corrected chi connectivity index (χ1v) is 14.4. The van der Waals surface area contributed by atoms with E-state index in [9.17, 15) is 9.59 Å². The number of rotatable bonds is 0. The second kappa shape index (κ2) is 7.13. The predicted octanol–water partition coefficient (Wildman–Crippen LogP) is 9.84. The van der Waals surface area contributed by atoms with Crippen molar-refractivity contribution in [2.45, 2.75) is 0 Å². The van der Waals surface area contributed by atoms with E-state index in [-0.39, 0.29) is 10.9 Å². The van der Waals surface area contributed by atoms with Crippen LogP contribution in [0.15, 0.2) is 88.1 Å². The van der Waals surface area contributed by atoms with Crippen molar-refractivity contribution in [2.75, 3.05) is 0 Å². The van der Waals surface area contributed by atoms with Gasteiger partial charge < -0.3 is 0 Å². The Labute approximate surface area is 236 Å². The van der Waals surface area contributed by atoms with Crippen molar-refractivity contribution in [1.82, 2.24) is 0 Å². The molecule has 0 heterocycles. The van der Waals surface area contributed by atoms with Crippen LogP contribution in [0.4, 0.5) is 0 Å². The van der Waals surface area contributed by atoms with Gasteiger partial charge in [0.15, 0.2) is 10.9 Å². The number of benzene rings is 8. The largest absolute Gasteiger partial charge is 0.289 e. The molecular weight excluding hydrogens is 712 g/mol. The molecule has 0 spiro atoms. The van der Waals surface area contributed by atoms with Crippen LogP contribution in [0.5, 0.6) is 0 Å². The monoisotopic (exact) mass is 718 g/mol. The smallest absolute Gasteiger partial charge is 0.194 e. The molecule has 0 aliphatic rings. The summed E-state index contributed by atoms with van der Waals surface area (Å²) < 4.78 is 3.55. The van der Waals surface area contributed by atoms with Gasteiger partial charge in [-0.2, -0.15) is 0 Å². The molecule has 0 saturated carbocycles. The number of halogens is 4. The summed E-state index contributed by atoms with van der Waals surface area (Å²) in [6.45, 7) is 0. The van der Waals surface area contributed by atoms with E-state index in [0.29, 0.717) is 21.5 Å². The Bertz CT molecular complexity index is 2400. The zero-order valence-electron chi connectivity index (χ0n) is 18.1. The van der Waals surface area contributed by atoms with Gasteiger partial charge in [-0.3, -0.25) is 9.59 Å². The Morgan fingerprint density at radius 3 is 1.81 bits per heavy atom. The highest BCUT2D eigenvalue weighted by atomic mass is 79.9. The van der Waals surface area contributed by atoms with Crippen LogP contribution in [0.25, 0.3) is 75.4 Å². The van der Waals surface area contributed by atoms with Gasteiger partial charge in [0.05, 0.1) is 0 Å². The van der Waals surface area contributed by atoms with Crippen molar-refractivity contribution in [3.63, 3.8) is 0 Å². The molecule has 0 radical (unpaired) electrons. The summed E-state index contributed by atoms with van der Waals surface area (Å²) in [6.07, 6.45) is 0. The summed E-state index contributed by atoms with van der Waals surface area (Å²) in [4.78, 5) is 27.5. The minimum absolute atomic E-state index is 0.00721. The third kappa shape index (κ3) is 2.38. The van der Waals surface area contributed by atoms with E-state index < -0.39 is 0 Å². The fourth-order valence-corrected chi connectivity index (χ4v) is 9.18. The molecule has 8 aromatic carbocycles. The van der Waals surface area contributed by atoms with Crippen LogP contribution >= 0.6 is 63.7 Å². The van der Waals surface area contributed by atoms with Crippen molar-refractivity contribution in [3.05, 3.63) is 99.0 Å². The quantitative estimate of drug-likeness (QED) is 0.115. The summed E-state index contributed by atoms with van der Waals surface area (Å²) in [7, 11) is 0. The third-order valence-corrected chi connectivity index (χ3v) is 10.5. The molecule has 0 amide bonds. The van der Waals surface area contributed by atoms with E-state index in [1.165, 1.54) is 0 Å². The van der Waals surface area contributed by atoms with Gasteiger partial charge in [0.25, 0.3) is 0 Å². The minimum Gasteiger partial charge on any atom is -0.289 e. The fraction of sp³-hybridized carbons (Fsp3) is 0. The second-order valence-electron chi connectivity index (χ2n) is 9.19. The van der Waals surface area contributed by atoms with Crippen molar-refractivity contribution in [2.24, 2.45) is 0 Å². The molecule has 0 unspecified atom stereocenters. The fourth-order valence-electron chi connectivity index (χ4n) is 6.17. The molecule has 170 valence electrons. The maximum absolute atomic E-state index is 13.7. The normalized spacial score (nSPS) is 12.7. The lowest BCUT2D eigenvalue weighted by Crippen LogP contribution is -2.07. The molecule has 0 aromatic heterocycles. The average Bonchev–Trinajstić information content (AvgIpc) is 2.88. The zero-order chi connectivity index (χ0) is 24.6. The Balaban J connectivity index is 1.89. The molecule has 6 heteroatoms. The highest BCUT2D eigenvalue weighted by Crippen LogP contribution is 2.53. The maximum Gasteiger partial charge on any atom is 0.194 e. The van der Waals surface area contributed by atoms with E-state index >= 15 is 0 Å². The topological polar surface area (TPSA) is 34.1 Å². The van der Waals surface area contributed by atoms with E-state index in [1.807, 2.05) is 60.7 Å². The first-order chi connectivity index (χ1) is 17.4. The van der Waals surface area contributed by atoms with Crippen LogP contribution in [0, 0.1) is 0 Å². The van der Waals surface area contributed by atoms with E-state index in [1.54, 1.807) is 0 Å². The average molecular weight is 722 g/mol. The van der Waals surface area contributed by atoms with Crippen LogP contribution in [-0.4, -0.2) is 0 Å². The van der Waals surface area contributed by atoms with Crippen LogP contribution in [-0.2, 0) is 0 Å². The Morgan fingerprint density at radius 2 is 1.00 bits per heavy atom. The van der Waals surface area contributed by atoms with E-state index in [2.05, 4.69) is 63.7 Å². The van der Waals surface area contributed by atoms with Crippen molar-refractivity contribution in [3.8, 4) is 0 Å². The molecule has 8 aromatic rings. The van der Waals surface area contributed by atoms with Crippen molar-refractivity contribution < 1.29 is 0 Å². The summed E-state index contributed by atoms with van der Waals surface area (Å²) in [6, 6.07) is 19.5. The van der Waals surface area contributed by atoms with Gasteiger partial charge >= 0.3 is 0 Å². The highest BCUT2D eigenvalue weighted by molar-refractivity contribution is 9.11. The van der Waals surface area contributed by atoms with Crippen LogP contribution in [0.2, 0.25) is 0 Å². The van der Waals surface area contributed by atoms with E-state index in [0.717, 1.165) is 71.8 Å². The lowest BCUT2D eigenvalue weighted by atomic mass is 9.84. The number of hydrogen-bond donors (Lipinski definition) is 0. The summed E-state index contributed by atoms with van der Waals surface area (Å²) in [5.74, 6) is 0. The third-order valence-electron chi connectivity index (χ3n) is 7.57. The maximum atomic E-state index is 13.7. The van der Waals surface area contributed by atoms with Crippen molar-refractivity contribution in [1.29, 1.82) is 0 Å². The van der Waals surface area contributed by atoms with Crippen LogP contribution in [0.1, 0.15) is 0 Å². The Hall–Kier alpha value is -2.38. The summed E-state index contributed by atoms with van der Waals surface area (Å²) >= 11 is 15.4. The lowest BCUT2D eigenvalue weighted by molar-refractivity contribution is 1.69. The zero-order valence-corrected chi connectivity index (χ0v) is 24.4. The van der Waals surface area contributed by atoms with Gasteiger partial charge in [-0.05, 0) is 60.8 Å². The molecule has 2 nitrogen and oxygen atoms in total. The van der Waals surface area contributed by atoms with Gasteiger partial charge in [0.1, 0.15) is 0 Å². The standard InChI is InChI=1S/C30H10Br4O2/c31-17-7-3-6-14-19(17)26-21-15(30(14)36)9-8-13-20(21)25-22-16(10-18(32)24(25)28(26)34)29(35)12-5-2-1-4-11(12)23(22)27(13)33/h1-10H.